The zero-order valence-electron chi connectivity index (χ0n) is 19.5. The van der Waals surface area contributed by atoms with Gasteiger partial charge in [0.2, 0.25) is 5.91 Å². The molecule has 0 spiro atoms. The molecule has 4 aromatic carbocycles. The van der Waals surface area contributed by atoms with Gasteiger partial charge in [-0.1, -0.05) is 97.1 Å². The van der Waals surface area contributed by atoms with E-state index < -0.39 is 0 Å². The van der Waals surface area contributed by atoms with E-state index in [1.165, 1.54) is 23.0 Å². The maximum atomic E-state index is 12.4. The van der Waals surface area contributed by atoms with Crippen molar-refractivity contribution < 1.29 is 9.53 Å². The van der Waals surface area contributed by atoms with Gasteiger partial charge in [-0.25, -0.2) is 4.98 Å². The van der Waals surface area contributed by atoms with Crippen LogP contribution in [0.5, 0.6) is 5.75 Å². The first-order chi connectivity index (χ1) is 17.7. The van der Waals surface area contributed by atoms with Crippen molar-refractivity contribution in [2.24, 2.45) is 0 Å². The molecule has 1 amide bonds. The number of amides is 1. The average molecular weight is 489 g/mol. The molecule has 0 radical (unpaired) electrons. The number of nitrogens with one attached hydrogen (secondary N) is 1. The maximum absolute atomic E-state index is 12.4. The number of nitrogens with zero attached hydrogens (tertiary/aromatic N) is 1. The van der Waals surface area contributed by atoms with Gasteiger partial charge in [0.15, 0.2) is 5.13 Å². The summed E-state index contributed by atoms with van der Waals surface area (Å²) in [7, 11) is 0. The van der Waals surface area contributed by atoms with Crippen molar-refractivity contribution in [3.8, 4) is 28.1 Å². The van der Waals surface area contributed by atoms with Gasteiger partial charge >= 0.3 is 0 Å². The summed E-state index contributed by atoms with van der Waals surface area (Å²) in [4.78, 5) is 17.0. The fourth-order valence-corrected chi connectivity index (χ4v) is 4.39. The summed E-state index contributed by atoms with van der Waals surface area (Å²) in [6, 6.07) is 36.2. The highest BCUT2D eigenvalue weighted by Crippen LogP contribution is 2.27. The van der Waals surface area contributed by atoms with Crippen molar-refractivity contribution >= 4 is 28.5 Å². The van der Waals surface area contributed by atoms with Crippen molar-refractivity contribution in [3.63, 3.8) is 0 Å². The van der Waals surface area contributed by atoms with Crippen molar-refractivity contribution in [2.75, 3.05) is 5.32 Å². The van der Waals surface area contributed by atoms with E-state index in [1.807, 2.05) is 78.2 Å². The van der Waals surface area contributed by atoms with Gasteiger partial charge in [0.05, 0.1) is 5.69 Å². The Hall–Kier alpha value is -4.48. The quantitative estimate of drug-likeness (QED) is 0.228. The SMILES string of the molecule is O=C(/C=C/c1ccc(OCc2ccccc2)cc1)Nc1nc(-c2ccc(-c3ccccc3)cc2)cs1. The lowest BCUT2D eigenvalue weighted by molar-refractivity contribution is -0.111. The van der Waals surface area contributed by atoms with Crippen molar-refractivity contribution in [1.82, 2.24) is 4.98 Å². The molecule has 1 heterocycles. The molecule has 0 fully saturated rings. The molecule has 36 heavy (non-hydrogen) atoms. The van der Waals surface area contributed by atoms with Gasteiger partial charge in [-0.05, 0) is 40.5 Å². The molecule has 5 aromatic rings. The zero-order chi connectivity index (χ0) is 24.6. The molecule has 0 saturated heterocycles. The number of ether oxygens (including phenoxy) is 1. The predicted octanol–water partition coefficient (Wildman–Crippen LogP) is 7.71. The standard InChI is InChI=1S/C31H24N2O2S/c34-30(20-13-23-11-18-28(19-12-23)35-21-24-7-3-1-4-8-24)33-31-32-29(22-36-31)27-16-14-26(15-17-27)25-9-5-2-6-10-25/h1-20,22H,21H2,(H,32,33,34)/b20-13+. The molecular weight excluding hydrogens is 464 g/mol. The summed E-state index contributed by atoms with van der Waals surface area (Å²) >= 11 is 1.41. The minimum Gasteiger partial charge on any atom is -0.489 e. The first kappa shape index (κ1) is 23.3. The Morgan fingerprint density at radius 3 is 2.14 bits per heavy atom. The van der Waals surface area contributed by atoms with Gasteiger partial charge in [-0.2, -0.15) is 0 Å². The van der Waals surface area contributed by atoms with Gasteiger partial charge in [0.1, 0.15) is 12.4 Å². The van der Waals surface area contributed by atoms with Crippen LogP contribution in [0, 0.1) is 0 Å². The summed E-state index contributed by atoms with van der Waals surface area (Å²) < 4.78 is 5.81. The largest absolute Gasteiger partial charge is 0.489 e. The molecule has 0 aliphatic rings. The number of thiazole rings is 1. The van der Waals surface area contributed by atoms with Crippen LogP contribution in [0.15, 0.2) is 121 Å². The number of rotatable bonds is 8. The number of aromatic nitrogens is 1. The number of benzene rings is 4. The van der Waals surface area contributed by atoms with E-state index >= 15 is 0 Å². The third-order valence-corrected chi connectivity index (χ3v) is 6.34. The van der Waals surface area contributed by atoms with E-state index in [0.29, 0.717) is 11.7 Å². The number of hydrogen-bond acceptors (Lipinski definition) is 4. The highest BCUT2D eigenvalue weighted by Gasteiger charge is 2.07. The molecular formula is C31H24N2O2S. The summed E-state index contributed by atoms with van der Waals surface area (Å²) in [5.41, 5.74) is 6.21. The van der Waals surface area contributed by atoms with E-state index in [-0.39, 0.29) is 5.91 Å². The van der Waals surface area contributed by atoms with Gasteiger partial charge in [0.25, 0.3) is 0 Å². The first-order valence-electron chi connectivity index (χ1n) is 11.6. The Morgan fingerprint density at radius 2 is 1.42 bits per heavy atom. The summed E-state index contributed by atoms with van der Waals surface area (Å²) in [6.45, 7) is 0.519. The Balaban J connectivity index is 1.15. The number of hydrogen-bond donors (Lipinski definition) is 1. The molecule has 0 bridgehead atoms. The molecule has 0 aliphatic heterocycles. The molecule has 5 rings (SSSR count). The Labute approximate surface area is 214 Å². The third kappa shape index (κ3) is 6.14. The highest BCUT2D eigenvalue weighted by atomic mass is 32.1. The Morgan fingerprint density at radius 1 is 0.778 bits per heavy atom. The van der Waals surface area contributed by atoms with E-state index in [0.717, 1.165) is 33.7 Å². The molecule has 4 nitrogen and oxygen atoms in total. The highest BCUT2D eigenvalue weighted by molar-refractivity contribution is 7.14. The van der Waals surface area contributed by atoms with Crippen molar-refractivity contribution in [1.29, 1.82) is 0 Å². The average Bonchev–Trinajstić information content (AvgIpc) is 3.41. The lowest BCUT2D eigenvalue weighted by Gasteiger charge is -2.06. The minimum absolute atomic E-state index is 0.222. The molecule has 176 valence electrons. The van der Waals surface area contributed by atoms with Crippen LogP contribution in [0.4, 0.5) is 5.13 Å². The number of carbonyl (C=O) groups is 1. The second kappa shape index (κ2) is 11.3. The second-order valence-corrected chi connectivity index (χ2v) is 9.01. The predicted molar refractivity (Wildman–Crippen MR) is 148 cm³/mol. The lowest BCUT2D eigenvalue weighted by atomic mass is 10.0. The summed E-state index contributed by atoms with van der Waals surface area (Å²) in [5.74, 6) is 0.562. The van der Waals surface area contributed by atoms with E-state index in [2.05, 4.69) is 46.7 Å². The monoisotopic (exact) mass is 488 g/mol. The molecule has 5 heteroatoms. The minimum atomic E-state index is -0.222. The van der Waals surface area contributed by atoms with Crippen molar-refractivity contribution in [2.45, 2.75) is 6.61 Å². The van der Waals surface area contributed by atoms with Crippen LogP contribution >= 0.6 is 11.3 Å². The van der Waals surface area contributed by atoms with Crippen LogP contribution in [0.25, 0.3) is 28.5 Å². The van der Waals surface area contributed by atoms with Gasteiger partial charge in [-0.3, -0.25) is 10.1 Å². The Bertz CT molecular complexity index is 1440. The van der Waals surface area contributed by atoms with Crippen LogP contribution in [-0.2, 0) is 11.4 Å². The smallest absolute Gasteiger partial charge is 0.250 e. The molecule has 0 saturated carbocycles. The second-order valence-electron chi connectivity index (χ2n) is 8.15. The molecule has 0 unspecified atom stereocenters. The normalized spacial score (nSPS) is 10.9. The molecule has 1 N–H and O–H groups in total. The fourth-order valence-electron chi connectivity index (χ4n) is 3.66. The summed E-state index contributed by atoms with van der Waals surface area (Å²) in [5, 5.41) is 5.36. The molecule has 0 aliphatic carbocycles. The number of carbonyl (C=O) groups excluding carboxylic acids is 1. The zero-order valence-corrected chi connectivity index (χ0v) is 20.3. The van der Waals surface area contributed by atoms with Crippen molar-refractivity contribution in [3.05, 3.63) is 132 Å². The van der Waals surface area contributed by atoms with Crippen LogP contribution in [0.1, 0.15) is 11.1 Å². The van der Waals surface area contributed by atoms with Crippen LogP contribution in [0.2, 0.25) is 0 Å². The lowest BCUT2D eigenvalue weighted by Crippen LogP contribution is -2.07. The van der Waals surface area contributed by atoms with Crippen LogP contribution in [-0.4, -0.2) is 10.9 Å². The summed E-state index contributed by atoms with van der Waals surface area (Å²) in [6.07, 6.45) is 3.28. The molecule has 0 atom stereocenters. The Kier molecular flexibility index (Phi) is 7.30. The number of anilines is 1. The third-order valence-electron chi connectivity index (χ3n) is 5.58. The van der Waals surface area contributed by atoms with Gasteiger partial charge in [0, 0.05) is 17.0 Å². The van der Waals surface area contributed by atoms with Gasteiger partial charge < -0.3 is 4.74 Å². The van der Waals surface area contributed by atoms with Crippen LogP contribution < -0.4 is 10.1 Å². The topological polar surface area (TPSA) is 51.2 Å². The first-order valence-corrected chi connectivity index (χ1v) is 12.5. The van der Waals surface area contributed by atoms with Gasteiger partial charge in [-0.15, -0.1) is 11.3 Å². The van der Waals surface area contributed by atoms with E-state index in [9.17, 15) is 4.79 Å². The van der Waals surface area contributed by atoms with Crippen LogP contribution in [0.3, 0.4) is 0 Å². The van der Waals surface area contributed by atoms with E-state index in [4.69, 9.17) is 4.74 Å². The fraction of sp³-hybridized carbons (Fsp3) is 0.0323. The molecule has 1 aromatic heterocycles. The van der Waals surface area contributed by atoms with E-state index in [1.54, 1.807) is 6.08 Å². The maximum Gasteiger partial charge on any atom is 0.250 e.